The largest absolute Gasteiger partial charge is 0.393 e. The van der Waals surface area contributed by atoms with Crippen LogP contribution in [0.15, 0.2) is 0 Å². The summed E-state index contributed by atoms with van der Waals surface area (Å²) < 4.78 is 11.2. The van der Waals surface area contributed by atoms with Crippen molar-refractivity contribution in [1.29, 1.82) is 0 Å². The van der Waals surface area contributed by atoms with Gasteiger partial charge in [-0.15, -0.1) is 0 Å². The Morgan fingerprint density at radius 2 is 1.71 bits per heavy atom. The summed E-state index contributed by atoms with van der Waals surface area (Å²) in [7, 11) is 1.71. The quantitative estimate of drug-likeness (QED) is 0.737. The number of rotatable bonds is 4. The summed E-state index contributed by atoms with van der Waals surface area (Å²) in [5, 5.41) is 20.0. The first-order chi connectivity index (χ1) is 8.11. The molecule has 2 saturated carbocycles. The minimum absolute atomic E-state index is 0.0169. The maximum absolute atomic E-state index is 10.5. The van der Waals surface area contributed by atoms with Crippen LogP contribution < -0.4 is 0 Å². The van der Waals surface area contributed by atoms with Crippen LogP contribution in [-0.2, 0) is 9.47 Å². The standard InChI is InChI=1S/C13H24O4/c1-16-11-4-8-13(15,9-5-11)17-12(10-14)6-2-3-7-12/h11,14-15H,2-10H2,1H3. The van der Waals surface area contributed by atoms with Crippen LogP contribution in [0.1, 0.15) is 51.4 Å². The average Bonchev–Trinajstić information content (AvgIpc) is 2.79. The lowest BCUT2D eigenvalue weighted by atomic mass is 9.90. The minimum Gasteiger partial charge on any atom is -0.393 e. The molecule has 0 saturated heterocycles. The highest BCUT2D eigenvalue weighted by Crippen LogP contribution is 2.40. The monoisotopic (exact) mass is 244 g/mol. The van der Waals surface area contributed by atoms with Crippen LogP contribution in [0.2, 0.25) is 0 Å². The van der Waals surface area contributed by atoms with E-state index in [2.05, 4.69) is 0 Å². The van der Waals surface area contributed by atoms with E-state index in [0.717, 1.165) is 38.5 Å². The summed E-state index contributed by atoms with van der Waals surface area (Å²) in [6.07, 6.45) is 6.99. The van der Waals surface area contributed by atoms with Gasteiger partial charge >= 0.3 is 0 Å². The van der Waals surface area contributed by atoms with Gasteiger partial charge in [-0.05, 0) is 25.7 Å². The van der Waals surface area contributed by atoms with Crippen molar-refractivity contribution in [3.05, 3.63) is 0 Å². The van der Waals surface area contributed by atoms with Crippen LogP contribution in [0, 0.1) is 0 Å². The molecule has 0 radical (unpaired) electrons. The Hall–Kier alpha value is -0.160. The number of ether oxygens (including phenoxy) is 2. The molecule has 2 N–H and O–H groups in total. The molecule has 0 bridgehead atoms. The van der Waals surface area contributed by atoms with Crippen molar-refractivity contribution in [1.82, 2.24) is 0 Å². The third kappa shape index (κ3) is 2.99. The van der Waals surface area contributed by atoms with Crippen molar-refractivity contribution < 1.29 is 19.7 Å². The molecule has 2 fully saturated rings. The van der Waals surface area contributed by atoms with Gasteiger partial charge in [-0.3, -0.25) is 0 Å². The number of hydrogen-bond donors (Lipinski definition) is 2. The lowest BCUT2D eigenvalue weighted by molar-refractivity contribution is -0.290. The smallest absolute Gasteiger partial charge is 0.166 e. The molecule has 0 aromatic carbocycles. The number of hydrogen-bond acceptors (Lipinski definition) is 4. The highest BCUT2D eigenvalue weighted by molar-refractivity contribution is 4.90. The van der Waals surface area contributed by atoms with Crippen molar-refractivity contribution in [2.75, 3.05) is 13.7 Å². The van der Waals surface area contributed by atoms with Crippen molar-refractivity contribution in [3.63, 3.8) is 0 Å². The Morgan fingerprint density at radius 3 is 2.18 bits per heavy atom. The van der Waals surface area contributed by atoms with Crippen LogP contribution in [0.5, 0.6) is 0 Å². The summed E-state index contributed by atoms with van der Waals surface area (Å²) >= 11 is 0. The fourth-order valence-electron chi connectivity index (χ4n) is 3.09. The zero-order valence-corrected chi connectivity index (χ0v) is 10.7. The molecule has 0 aromatic heterocycles. The molecular weight excluding hydrogens is 220 g/mol. The summed E-state index contributed by atoms with van der Waals surface area (Å²) in [6.45, 7) is 0.0169. The van der Waals surface area contributed by atoms with Gasteiger partial charge in [0, 0.05) is 20.0 Å². The molecule has 0 amide bonds. The predicted octanol–water partition coefficient (Wildman–Crippen LogP) is 1.59. The Bertz CT molecular complexity index is 240. The highest BCUT2D eigenvalue weighted by atomic mass is 16.6. The van der Waals surface area contributed by atoms with Crippen molar-refractivity contribution in [2.24, 2.45) is 0 Å². The van der Waals surface area contributed by atoms with Gasteiger partial charge in [-0.1, -0.05) is 12.8 Å². The lowest BCUT2D eigenvalue weighted by Gasteiger charge is -2.41. The molecule has 0 aliphatic heterocycles. The summed E-state index contributed by atoms with van der Waals surface area (Å²) in [5.41, 5.74) is -0.491. The Labute approximate surface area is 103 Å². The first kappa shape index (κ1) is 13.3. The van der Waals surface area contributed by atoms with Crippen molar-refractivity contribution >= 4 is 0 Å². The predicted molar refractivity (Wildman–Crippen MR) is 63.6 cm³/mol. The zero-order valence-electron chi connectivity index (χ0n) is 10.7. The van der Waals surface area contributed by atoms with E-state index in [4.69, 9.17) is 9.47 Å². The van der Waals surface area contributed by atoms with E-state index >= 15 is 0 Å². The Kier molecular flexibility index (Phi) is 4.08. The number of aliphatic hydroxyl groups excluding tert-OH is 1. The minimum atomic E-state index is -1.05. The second-order valence-electron chi connectivity index (χ2n) is 5.53. The molecule has 0 aromatic rings. The first-order valence-electron chi connectivity index (χ1n) is 6.68. The summed E-state index contributed by atoms with van der Waals surface area (Å²) in [4.78, 5) is 0. The van der Waals surface area contributed by atoms with Crippen molar-refractivity contribution in [3.8, 4) is 0 Å². The van der Waals surface area contributed by atoms with Gasteiger partial charge in [0.25, 0.3) is 0 Å². The maximum atomic E-state index is 10.5. The van der Waals surface area contributed by atoms with E-state index in [-0.39, 0.29) is 12.7 Å². The normalized spacial score (nSPS) is 37.2. The molecule has 2 aliphatic rings. The fraction of sp³-hybridized carbons (Fsp3) is 1.00. The fourth-order valence-corrected chi connectivity index (χ4v) is 3.09. The molecule has 17 heavy (non-hydrogen) atoms. The van der Waals surface area contributed by atoms with Gasteiger partial charge < -0.3 is 19.7 Å². The van der Waals surface area contributed by atoms with E-state index in [1.807, 2.05) is 0 Å². The second-order valence-corrected chi connectivity index (χ2v) is 5.53. The van der Waals surface area contributed by atoms with Crippen molar-refractivity contribution in [2.45, 2.75) is 68.9 Å². The Morgan fingerprint density at radius 1 is 1.12 bits per heavy atom. The maximum Gasteiger partial charge on any atom is 0.166 e. The summed E-state index contributed by atoms with van der Waals surface area (Å²) in [5.74, 6) is -1.05. The molecular formula is C13H24O4. The molecule has 0 heterocycles. The summed E-state index contributed by atoms with van der Waals surface area (Å²) in [6, 6.07) is 0. The Balaban J connectivity index is 1.93. The lowest BCUT2D eigenvalue weighted by Crippen LogP contribution is -2.48. The van der Waals surface area contributed by atoms with E-state index in [1.165, 1.54) is 0 Å². The third-order valence-corrected chi connectivity index (χ3v) is 4.26. The van der Waals surface area contributed by atoms with E-state index in [1.54, 1.807) is 7.11 Å². The molecule has 4 nitrogen and oxygen atoms in total. The molecule has 0 spiro atoms. The molecule has 2 rings (SSSR count). The van der Waals surface area contributed by atoms with Crippen LogP contribution in [0.3, 0.4) is 0 Å². The van der Waals surface area contributed by atoms with Crippen LogP contribution in [0.4, 0.5) is 0 Å². The van der Waals surface area contributed by atoms with Crippen LogP contribution >= 0.6 is 0 Å². The number of methoxy groups -OCH3 is 1. The van der Waals surface area contributed by atoms with Gasteiger partial charge in [0.1, 0.15) is 0 Å². The molecule has 0 unspecified atom stereocenters. The first-order valence-corrected chi connectivity index (χ1v) is 6.68. The van der Waals surface area contributed by atoms with Crippen LogP contribution in [-0.4, -0.2) is 41.4 Å². The van der Waals surface area contributed by atoms with E-state index in [0.29, 0.717) is 12.8 Å². The molecule has 0 atom stereocenters. The second kappa shape index (κ2) is 5.22. The number of aliphatic hydroxyl groups is 2. The van der Waals surface area contributed by atoms with Gasteiger partial charge in [-0.2, -0.15) is 0 Å². The third-order valence-electron chi connectivity index (χ3n) is 4.26. The molecule has 4 heteroatoms. The average molecular weight is 244 g/mol. The van der Waals surface area contributed by atoms with Gasteiger partial charge in [0.05, 0.1) is 18.3 Å². The van der Waals surface area contributed by atoms with Crippen LogP contribution in [0.25, 0.3) is 0 Å². The zero-order chi connectivity index (χ0) is 12.4. The van der Waals surface area contributed by atoms with Gasteiger partial charge in [-0.25, -0.2) is 0 Å². The molecule has 100 valence electrons. The van der Waals surface area contributed by atoms with Gasteiger partial charge in [0.2, 0.25) is 0 Å². The highest BCUT2D eigenvalue weighted by Gasteiger charge is 2.44. The molecule has 2 aliphatic carbocycles. The van der Waals surface area contributed by atoms with Gasteiger partial charge in [0.15, 0.2) is 5.79 Å². The van der Waals surface area contributed by atoms with E-state index in [9.17, 15) is 10.2 Å². The van der Waals surface area contributed by atoms with E-state index < -0.39 is 11.4 Å². The topological polar surface area (TPSA) is 58.9 Å². The SMILES string of the molecule is COC1CCC(O)(OC2(CO)CCCC2)CC1.